The summed E-state index contributed by atoms with van der Waals surface area (Å²) in [6.45, 7) is 7.47. The zero-order valence-electron chi connectivity index (χ0n) is 11.8. The van der Waals surface area contributed by atoms with E-state index < -0.39 is 0 Å². The monoisotopic (exact) mass is 315 g/mol. The van der Waals surface area contributed by atoms with Crippen molar-refractivity contribution in [3.63, 3.8) is 0 Å². The molecule has 0 heterocycles. The Kier molecular flexibility index (Phi) is 4.40. The molecule has 2 rings (SSSR count). The molecule has 1 N–H and O–H groups in total. The van der Waals surface area contributed by atoms with Crippen LogP contribution in [0.15, 0.2) is 0 Å². The third-order valence-electron chi connectivity index (χ3n) is 4.41. The van der Waals surface area contributed by atoms with Crippen molar-refractivity contribution >= 4 is 21.8 Å². The lowest BCUT2D eigenvalue weighted by Crippen LogP contribution is -2.37. The second-order valence-corrected chi connectivity index (χ2v) is 8.68. The van der Waals surface area contributed by atoms with Crippen molar-refractivity contribution in [3.05, 3.63) is 0 Å². The van der Waals surface area contributed by atoms with Gasteiger partial charge in [0.15, 0.2) is 0 Å². The molecule has 2 saturated carbocycles. The van der Waals surface area contributed by atoms with E-state index in [0.717, 1.165) is 25.3 Å². The molecule has 2 nitrogen and oxygen atoms in total. The standard InChI is InChI=1S/C15H26BrNO/c1-15(2,3)8-12(16)9-17-14(18)13-7-10-4-5-11(13)6-10/h10-13H,4-9H2,1-3H3,(H,17,18). The molecule has 18 heavy (non-hydrogen) atoms. The molecule has 2 bridgehead atoms. The van der Waals surface area contributed by atoms with E-state index in [-0.39, 0.29) is 0 Å². The summed E-state index contributed by atoms with van der Waals surface area (Å²) in [4.78, 5) is 12.6. The second-order valence-electron chi connectivity index (χ2n) is 7.39. The summed E-state index contributed by atoms with van der Waals surface area (Å²) < 4.78 is 0. The van der Waals surface area contributed by atoms with Gasteiger partial charge in [-0.2, -0.15) is 0 Å². The van der Waals surface area contributed by atoms with Crippen LogP contribution in [-0.2, 0) is 4.79 Å². The minimum absolute atomic E-state index is 0.306. The Balaban J connectivity index is 1.72. The number of nitrogens with one attached hydrogen (secondary N) is 1. The SMILES string of the molecule is CC(C)(C)CC(Br)CNC(=O)C1CC2CCC1C2. The van der Waals surface area contributed by atoms with Gasteiger partial charge in [0.1, 0.15) is 0 Å². The van der Waals surface area contributed by atoms with Crippen LogP contribution in [0, 0.1) is 23.2 Å². The lowest BCUT2D eigenvalue weighted by Gasteiger charge is -2.24. The summed E-state index contributed by atoms with van der Waals surface area (Å²) >= 11 is 3.68. The van der Waals surface area contributed by atoms with Crippen LogP contribution in [0.1, 0.15) is 52.9 Å². The van der Waals surface area contributed by atoms with Gasteiger partial charge in [-0.3, -0.25) is 4.79 Å². The van der Waals surface area contributed by atoms with E-state index in [2.05, 4.69) is 42.0 Å². The molecular weight excluding hydrogens is 290 g/mol. The maximum Gasteiger partial charge on any atom is 0.223 e. The third-order valence-corrected chi connectivity index (χ3v) is 5.05. The lowest BCUT2D eigenvalue weighted by molar-refractivity contribution is -0.126. The number of fused-ring (bicyclic) bond motifs is 2. The Morgan fingerprint density at radius 2 is 2.06 bits per heavy atom. The maximum absolute atomic E-state index is 12.2. The number of carbonyl (C=O) groups excluding carboxylic acids is 1. The highest BCUT2D eigenvalue weighted by Crippen LogP contribution is 2.48. The Hall–Kier alpha value is -0.0500. The fourth-order valence-electron chi connectivity index (χ4n) is 3.64. The van der Waals surface area contributed by atoms with Crippen molar-refractivity contribution in [1.82, 2.24) is 5.32 Å². The molecule has 4 unspecified atom stereocenters. The van der Waals surface area contributed by atoms with Gasteiger partial charge in [0, 0.05) is 17.3 Å². The van der Waals surface area contributed by atoms with E-state index >= 15 is 0 Å². The van der Waals surface area contributed by atoms with Crippen LogP contribution in [0.3, 0.4) is 0 Å². The van der Waals surface area contributed by atoms with Crippen molar-refractivity contribution in [2.45, 2.75) is 57.7 Å². The third kappa shape index (κ3) is 3.72. The van der Waals surface area contributed by atoms with Gasteiger partial charge < -0.3 is 5.32 Å². The van der Waals surface area contributed by atoms with E-state index in [1.54, 1.807) is 0 Å². The molecule has 0 aromatic heterocycles. The summed E-state index contributed by atoms with van der Waals surface area (Å²) in [7, 11) is 0. The normalized spacial score (nSPS) is 32.6. The van der Waals surface area contributed by atoms with Crippen LogP contribution < -0.4 is 5.32 Å². The first-order chi connectivity index (χ1) is 8.35. The number of amides is 1. The van der Waals surface area contributed by atoms with Gasteiger partial charge >= 0.3 is 0 Å². The topological polar surface area (TPSA) is 29.1 Å². The summed E-state index contributed by atoms with van der Waals surface area (Å²) in [6, 6.07) is 0. The number of hydrogen-bond acceptors (Lipinski definition) is 1. The van der Waals surface area contributed by atoms with Gasteiger partial charge in [0.05, 0.1) is 0 Å². The minimum atomic E-state index is 0.306. The number of carbonyl (C=O) groups is 1. The minimum Gasteiger partial charge on any atom is -0.355 e. The Labute approximate surface area is 119 Å². The van der Waals surface area contributed by atoms with E-state index in [1.807, 2.05) is 0 Å². The van der Waals surface area contributed by atoms with E-state index in [4.69, 9.17) is 0 Å². The summed E-state index contributed by atoms with van der Waals surface area (Å²) in [5.41, 5.74) is 0.311. The van der Waals surface area contributed by atoms with E-state index in [1.165, 1.54) is 19.3 Å². The molecule has 2 fully saturated rings. The fraction of sp³-hybridized carbons (Fsp3) is 0.933. The molecule has 0 radical (unpaired) electrons. The highest BCUT2D eigenvalue weighted by Gasteiger charge is 2.42. The fourth-order valence-corrected chi connectivity index (χ4v) is 4.78. The largest absolute Gasteiger partial charge is 0.355 e. The number of rotatable bonds is 4. The van der Waals surface area contributed by atoms with Gasteiger partial charge in [-0.1, -0.05) is 43.1 Å². The van der Waals surface area contributed by atoms with Gasteiger partial charge in [-0.05, 0) is 42.9 Å². The zero-order chi connectivity index (χ0) is 13.3. The number of alkyl halides is 1. The van der Waals surface area contributed by atoms with Crippen LogP contribution in [0.25, 0.3) is 0 Å². The van der Waals surface area contributed by atoms with Crippen molar-refractivity contribution in [3.8, 4) is 0 Å². The number of hydrogen-bond donors (Lipinski definition) is 1. The lowest BCUT2D eigenvalue weighted by atomic mass is 9.88. The summed E-state index contributed by atoms with van der Waals surface area (Å²) in [6.07, 6.45) is 6.17. The smallest absolute Gasteiger partial charge is 0.223 e. The molecule has 0 spiro atoms. The number of halogens is 1. The zero-order valence-corrected chi connectivity index (χ0v) is 13.4. The Morgan fingerprint density at radius 1 is 1.33 bits per heavy atom. The van der Waals surface area contributed by atoms with E-state index in [9.17, 15) is 4.79 Å². The average Bonchev–Trinajstić information content (AvgIpc) is 2.84. The van der Waals surface area contributed by atoms with Crippen molar-refractivity contribution < 1.29 is 4.79 Å². The van der Waals surface area contributed by atoms with Crippen LogP contribution >= 0.6 is 15.9 Å². The maximum atomic E-state index is 12.2. The first-order valence-electron chi connectivity index (χ1n) is 7.27. The van der Waals surface area contributed by atoms with Gasteiger partial charge in [-0.15, -0.1) is 0 Å². The predicted octanol–water partition coefficient (Wildman–Crippen LogP) is 3.74. The van der Waals surface area contributed by atoms with Crippen LogP contribution in [0.4, 0.5) is 0 Å². The van der Waals surface area contributed by atoms with Gasteiger partial charge in [0.2, 0.25) is 5.91 Å². The molecule has 2 aliphatic carbocycles. The molecule has 104 valence electrons. The van der Waals surface area contributed by atoms with Crippen molar-refractivity contribution in [2.75, 3.05) is 6.54 Å². The molecule has 3 heteroatoms. The highest BCUT2D eigenvalue weighted by molar-refractivity contribution is 9.09. The van der Waals surface area contributed by atoms with Crippen LogP contribution in [0.5, 0.6) is 0 Å². The molecule has 0 saturated heterocycles. The van der Waals surface area contributed by atoms with Gasteiger partial charge in [0.25, 0.3) is 0 Å². The molecule has 0 aromatic carbocycles. The van der Waals surface area contributed by atoms with Crippen LogP contribution in [0.2, 0.25) is 0 Å². The molecular formula is C15H26BrNO. The highest BCUT2D eigenvalue weighted by atomic mass is 79.9. The predicted molar refractivity (Wildman–Crippen MR) is 78.7 cm³/mol. The first kappa shape index (κ1) is 14.4. The molecule has 4 atom stereocenters. The van der Waals surface area contributed by atoms with Crippen molar-refractivity contribution in [2.24, 2.45) is 23.2 Å². The Morgan fingerprint density at radius 3 is 2.56 bits per heavy atom. The summed E-state index contributed by atoms with van der Waals surface area (Å²) in [5, 5.41) is 3.15. The Bertz CT molecular complexity index is 310. The second kappa shape index (κ2) is 5.52. The molecule has 0 aliphatic heterocycles. The molecule has 0 aromatic rings. The van der Waals surface area contributed by atoms with Crippen LogP contribution in [-0.4, -0.2) is 17.3 Å². The molecule has 2 aliphatic rings. The van der Waals surface area contributed by atoms with Gasteiger partial charge in [-0.25, -0.2) is 0 Å². The van der Waals surface area contributed by atoms with E-state index in [0.29, 0.717) is 28.0 Å². The first-order valence-corrected chi connectivity index (χ1v) is 8.18. The average molecular weight is 316 g/mol. The van der Waals surface area contributed by atoms with Crippen molar-refractivity contribution in [1.29, 1.82) is 0 Å². The molecule has 1 amide bonds. The quantitative estimate of drug-likeness (QED) is 0.787. The summed E-state index contributed by atoms with van der Waals surface area (Å²) in [5.74, 6) is 2.16.